The molecule has 0 aromatic rings. The summed E-state index contributed by atoms with van der Waals surface area (Å²) in [5.74, 6) is 0.429. The second-order valence-corrected chi connectivity index (χ2v) is 9.25. The molecule has 0 unspecified atom stereocenters. The molecule has 0 aromatic heterocycles. The Labute approximate surface area is 209 Å². The molecule has 1 aliphatic heterocycles. The number of aliphatic hydroxyl groups excluding tert-OH is 1. The predicted molar refractivity (Wildman–Crippen MR) is 143 cm³/mol. The number of carboxylic acid groups (broad SMARTS) is 1. The van der Waals surface area contributed by atoms with E-state index in [2.05, 4.69) is 16.8 Å². The molecule has 0 spiro atoms. The van der Waals surface area contributed by atoms with Crippen molar-refractivity contribution in [2.75, 3.05) is 46.0 Å². The van der Waals surface area contributed by atoms with E-state index in [4.69, 9.17) is 20.7 Å². The smallest absolute Gasteiger partial charge is 0.305 e. The summed E-state index contributed by atoms with van der Waals surface area (Å²) in [6.45, 7) is 6.35. The second kappa shape index (κ2) is 26.4. The van der Waals surface area contributed by atoms with E-state index in [9.17, 15) is 4.79 Å². The van der Waals surface area contributed by atoms with Crippen molar-refractivity contribution in [1.82, 2.24) is 4.90 Å². The van der Waals surface area contributed by atoms with Crippen molar-refractivity contribution in [2.45, 2.75) is 116 Å². The summed E-state index contributed by atoms with van der Waals surface area (Å²) in [5.41, 5.74) is 4.78. The fraction of sp³-hybridized carbons (Fsp3) is 0.926. The Morgan fingerprint density at radius 1 is 0.912 bits per heavy atom. The lowest BCUT2D eigenvalue weighted by atomic mass is 10.0. The number of aliphatic carboxylic acids is 1. The molecule has 7 heteroatoms. The number of ether oxygens (including phenoxy) is 1. The number of carboxylic acids is 1. The van der Waals surface area contributed by atoms with Crippen molar-refractivity contribution < 1.29 is 19.7 Å². The monoisotopic (exact) mass is 485 g/mol. The first-order chi connectivity index (χ1) is 16.7. The predicted octanol–water partition coefficient (Wildman–Crippen LogP) is 5.39. The molecule has 4 N–H and O–H groups in total. The maximum absolute atomic E-state index is 10.5. The lowest BCUT2D eigenvalue weighted by Gasteiger charge is -2.20. The number of aliphatic imine (C=N–C) groups is 1. The van der Waals surface area contributed by atoms with Crippen molar-refractivity contribution in [3.05, 3.63) is 0 Å². The van der Waals surface area contributed by atoms with Crippen LogP contribution in [0.3, 0.4) is 0 Å². The van der Waals surface area contributed by atoms with Gasteiger partial charge in [0, 0.05) is 26.1 Å². The number of nitrogens with zero attached hydrogens (tertiary/aromatic N) is 2. The minimum Gasteiger partial charge on any atom is -0.481 e. The van der Waals surface area contributed by atoms with Crippen LogP contribution in [0, 0.1) is 0 Å². The number of rotatable bonds is 23. The van der Waals surface area contributed by atoms with Crippen LogP contribution in [0.1, 0.15) is 116 Å². The van der Waals surface area contributed by atoms with E-state index in [1.807, 2.05) is 0 Å². The van der Waals surface area contributed by atoms with Gasteiger partial charge in [0.25, 0.3) is 0 Å². The molecular formula is C27H55N3O4. The molecule has 1 rings (SSSR count). The van der Waals surface area contributed by atoms with Crippen molar-refractivity contribution in [1.29, 1.82) is 0 Å². The van der Waals surface area contributed by atoms with Crippen LogP contribution >= 0.6 is 0 Å². The van der Waals surface area contributed by atoms with Crippen LogP contribution in [0.15, 0.2) is 4.99 Å². The van der Waals surface area contributed by atoms with Gasteiger partial charge in [-0.1, -0.05) is 96.8 Å². The molecule has 34 heavy (non-hydrogen) atoms. The van der Waals surface area contributed by atoms with Gasteiger partial charge in [-0.15, -0.1) is 0 Å². The average molecular weight is 486 g/mol. The maximum Gasteiger partial charge on any atom is 0.305 e. The van der Waals surface area contributed by atoms with Crippen LogP contribution in [0.25, 0.3) is 0 Å². The van der Waals surface area contributed by atoms with Crippen molar-refractivity contribution >= 4 is 11.8 Å². The Morgan fingerprint density at radius 3 is 1.88 bits per heavy atom. The first-order valence-corrected chi connectivity index (χ1v) is 14.0. The summed E-state index contributed by atoms with van der Waals surface area (Å²) < 4.78 is 5.41. The van der Waals surface area contributed by atoms with Gasteiger partial charge in [-0.25, -0.2) is 0 Å². The van der Waals surface area contributed by atoms with Crippen molar-refractivity contribution in [2.24, 2.45) is 10.7 Å². The van der Waals surface area contributed by atoms with Crippen molar-refractivity contribution in [3.63, 3.8) is 0 Å². The molecule has 7 nitrogen and oxygen atoms in total. The lowest BCUT2D eigenvalue weighted by Crippen LogP contribution is -2.31. The summed E-state index contributed by atoms with van der Waals surface area (Å²) in [6, 6.07) is 0. The third kappa shape index (κ3) is 22.6. The number of nitrogens with two attached hydrogens (primary N) is 1. The number of unbranched alkanes of at least 4 members (excludes halogenated alkanes) is 14. The molecule has 0 atom stereocenters. The zero-order valence-corrected chi connectivity index (χ0v) is 22.2. The Kier molecular flexibility index (Phi) is 25.5. The standard InChI is InChI=1S/C25H48N2O3.C2H7NO/c1-2-3-4-5-6-7-8-9-10-11-12-13-14-15-16-17-24-26-19-20-27(24)21-23-30-22-18-25(28)29;3-1-2-4/h2-23H2,1H3,(H,28,29);4H,1-3H2. The van der Waals surface area contributed by atoms with Crippen LogP contribution in [-0.2, 0) is 9.53 Å². The van der Waals surface area contributed by atoms with Crippen LogP contribution in [0.2, 0.25) is 0 Å². The number of hydrogen-bond acceptors (Lipinski definition) is 6. The molecule has 0 bridgehead atoms. The topological polar surface area (TPSA) is 108 Å². The van der Waals surface area contributed by atoms with Crippen LogP contribution < -0.4 is 5.73 Å². The van der Waals surface area contributed by atoms with E-state index < -0.39 is 5.97 Å². The molecule has 0 saturated carbocycles. The first kappa shape index (κ1) is 32.8. The highest BCUT2D eigenvalue weighted by Crippen LogP contribution is 2.15. The molecule has 1 aliphatic rings. The highest BCUT2D eigenvalue weighted by Gasteiger charge is 2.15. The van der Waals surface area contributed by atoms with Gasteiger partial charge in [0.05, 0.1) is 38.6 Å². The summed E-state index contributed by atoms with van der Waals surface area (Å²) in [4.78, 5) is 17.4. The number of carbonyl (C=O) groups is 1. The van der Waals surface area contributed by atoms with E-state index in [1.165, 1.54) is 102 Å². The molecule has 0 amide bonds. The van der Waals surface area contributed by atoms with Gasteiger partial charge in [0.1, 0.15) is 0 Å². The Morgan fingerprint density at radius 2 is 1.41 bits per heavy atom. The van der Waals surface area contributed by atoms with E-state index in [-0.39, 0.29) is 13.0 Å². The zero-order chi connectivity index (χ0) is 25.1. The number of hydrogen-bond donors (Lipinski definition) is 3. The molecule has 1 heterocycles. The molecule has 0 radical (unpaired) electrons. The Bertz CT molecular complexity index is 473. The first-order valence-electron chi connectivity index (χ1n) is 14.0. The van der Waals surface area contributed by atoms with Gasteiger partial charge >= 0.3 is 5.97 Å². The van der Waals surface area contributed by atoms with E-state index >= 15 is 0 Å². The second-order valence-electron chi connectivity index (χ2n) is 9.25. The van der Waals surface area contributed by atoms with Crippen molar-refractivity contribution in [3.8, 4) is 0 Å². The SMILES string of the molecule is CCCCCCCCCCCCCCCCCC1=NCCN1CCOCCC(=O)O.NCCO. The number of aliphatic hydroxyl groups is 1. The van der Waals surface area contributed by atoms with Gasteiger partial charge in [-0.2, -0.15) is 0 Å². The fourth-order valence-corrected chi connectivity index (χ4v) is 4.10. The van der Waals surface area contributed by atoms with E-state index in [0.717, 1.165) is 26.1 Å². The van der Waals surface area contributed by atoms with Crippen LogP contribution in [-0.4, -0.2) is 72.9 Å². The average Bonchev–Trinajstić information content (AvgIpc) is 3.28. The lowest BCUT2D eigenvalue weighted by molar-refractivity contribution is -0.138. The van der Waals surface area contributed by atoms with Crippen LogP contribution in [0.5, 0.6) is 0 Å². The summed E-state index contributed by atoms with van der Waals surface area (Å²) in [7, 11) is 0. The molecule has 0 aliphatic carbocycles. The van der Waals surface area contributed by atoms with Gasteiger partial charge < -0.3 is 25.6 Å². The van der Waals surface area contributed by atoms with Gasteiger partial charge in [0.2, 0.25) is 0 Å². The minimum atomic E-state index is -0.799. The summed E-state index contributed by atoms with van der Waals surface area (Å²) >= 11 is 0. The molecule has 202 valence electrons. The van der Waals surface area contributed by atoms with E-state index in [0.29, 0.717) is 19.8 Å². The molecular weight excluding hydrogens is 430 g/mol. The van der Waals surface area contributed by atoms with Crippen LogP contribution in [0.4, 0.5) is 0 Å². The minimum absolute atomic E-state index is 0.0834. The quantitative estimate of drug-likeness (QED) is 0.167. The molecule has 0 aromatic carbocycles. The van der Waals surface area contributed by atoms with Gasteiger partial charge in [-0.05, 0) is 6.42 Å². The zero-order valence-electron chi connectivity index (χ0n) is 22.2. The maximum atomic E-state index is 10.5. The molecule has 0 saturated heterocycles. The highest BCUT2D eigenvalue weighted by atomic mass is 16.5. The largest absolute Gasteiger partial charge is 0.481 e. The summed E-state index contributed by atoms with van der Waals surface area (Å²) in [6.07, 6.45) is 22.1. The summed E-state index contributed by atoms with van der Waals surface area (Å²) in [5, 5.41) is 16.4. The third-order valence-electron chi connectivity index (χ3n) is 6.13. The Balaban J connectivity index is 0.00000251. The van der Waals surface area contributed by atoms with Gasteiger partial charge in [0.15, 0.2) is 0 Å². The highest BCUT2D eigenvalue weighted by molar-refractivity contribution is 5.83. The third-order valence-corrected chi connectivity index (χ3v) is 6.13. The van der Waals surface area contributed by atoms with Gasteiger partial charge in [-0.3, -0.25) is 9.79 Å². The number of amidine groups is 1. The Hall–Kier alpha value is -1.18. The molecule has 0 fully saturated rings. The fourth-order valence-electron chi connectivity index (χ4n) is 4.10. The normalized spacial score (nSPS) is 13.0. The van der Waals surface area contributed by atoms with E-state index in [1.54, 1.807) is 0 Å².